The van der Waals surface area contributed by atoms with Gasteiger partial charge in [-0.25, -0.2) is 4.39 Å². The molecule has 0 aliphatic heterocycles. The zero-order valence-electron chi connectivity index (χ0n) is 13.6. The summed E-state index contributed by atoms with van der Waals surface area (Å²) >= 11 is 0. The van der Waals surface area contributed by atoms with Crippen LogP contribution in [0.3, 0.4) is 0 Å². The van der Waals surface area contributed by atoms with Gasteiger partial charge in [0.25, 0.3) is 5.91 Å². The van der Waals surface area contributed by atoms with Gasteiger partial charge in [0, 0.05) is 11.6 Å². The van der Waals surface area contributed by atoms with Gasteiger partial charge in [-0.1, -0.05) is 24.1 Å². The molecule has 1 fully saturated rings. The molecule has 140 valence electrons. The molecule has 0 unspecified atom stereocenters. The molecular formula is C17H16F4N2O3. The molecule has 5 nitrogen and oxygen atoms in total. The summed E-state index contributed by atoms with van der Waals surface area (Å²) in [6, 6.07) is 2.25. The number of amides is 1. The average molecular weight is 372 g/mol. The van der Waals surface area contributed by atoms with E-state index in [0.29, 0.717) is 12.1 Å². The third-order valence-electron chi connectivity index (χ3n) is 4.39. The molecule has 0 saturated heterocycles. The molecule has 0 atom stereocenters. The number of halogens is 4. The SMILES string of the molecule is O=C(NC1CCCC1)c1onc(-c2ccc(C(F)(F)F)c(F)c2)c1CO. The third-order valence-corrected chi connectivity index (χ3v) is 4.39. The number of rotatable bonds is 4. The normalized spacial score (nSPS) is 15.4. The van der Waals surface area contributed by atoms with Crippen LogP contribution in [-0.4, -0.2) is 22.2 Å². The Bertz CT molecular complexity index is 811. The highest BCUT2D eigenvalue weighted by Crippen LogP contribution is 2.34. The monoisotopic (exact) mass is 372 g/mol. The summed E-state index contributed by atoms with van der Waals surface area (Å²) in [5.74, 6) is -2.26. The number of aromatic nitrogens is 1. The summed E-state index contributed by atoms with van der Waals surface area (Å²) in [5.41, 5.74) is -1.51. The minimum atomic E-state index is -4.82. The number of hydrogen-bond donors (Lipinski definition) is 2. The van der Waals surface area contributed by atoms with E-state index in [4.69, 9.17) is 4.52 Å². The number of carbonyl (C=O) groups is 1. The molecule has 1 aromatic carbocycles. The minimum absolute atomic E-state index is 0.000319. The standard InChI is InChI=1S/C17H16F4N2O3/c18-13-7-9(5-6-12(13)17(19,20)21)14-11(8-24)15(26-23-14)16(25)22-10-3-1-2-4-10/h5-7,10,24H,1-4,8H2,(H,22,25). The highest BCUT2D eigenvalue weighted by Gasteiger charge is 2.34. The zero-order valence-corrected chi connectivity index (χ0v) is 13.6. The molecule has 1 aliphatic rings. The zero-order chi connectivity index (χ0) is 18.9. The number of aliphatic hydroxyl groups is 1. The maximum absolute atomic E-state index is 13.8. The Hall–Kier alpha value is -2.42. The van der Waals surface area contributed by atoms with Crippen LogP contribution in [-0.2, 0) is 12.8 Å². The molecule has 2 N–H and O–H groups in total. The molecule has 3 rings (SSSR count). The van der Waals surface area contributed by atoms with E-state index in [-0.39, 0.29) is 28.6 Å². The number of benzene rings is 1. The predicted octanol–water partition coefficient (Wildman–Crippen LogP) is 3.66. The van der Waals surface area contributed by atoms with E-state index < -0.39 is 30.1 Å². The van der Waals surface area contributed by atoms with Crippen LogP contribution in [0.5, 0.6) is 0 Å². The lowest BCUT2D eigenvalue weighted by molar-refractivity contribution is -0.139. The first-order valence-corrected chi connectivity index (χ1v) is 8.08. The molecular weight excluding hydrogens is 356 g/mol. The van der Waals surface area contributed by atoms with Crippen molar-refractivity contribution in [2.75, 3.05) is 0 Å². The molecule has 1 aromatic heterocycles. The highest BCUT2D eigenvalue weighted by molar-refractivity contribution is 5.94. The van der Waals surface area contributed by atoms with E-state index in [9.17, 15) is 27.5 Å². The first-order chi connectivity index (χ1) is 12.3. The predicted molar refractivity (Wildman–Crippen MR) is 82.5 cm³/mol. The maximum Gasteiger partial charge on any atom is 0.419 e. The Balaban J connectivity index is 1.90. The lowest BCUT2D eigenvalue weighted by Gasteiger charge is -2.10. The van der Waals surface area contributed by atoms with Crippen molar-refractivity contribution in [3.63, 3.8) is 0 Å². The van der Waals surface area contributed by atoms with Crippen LogP contribution in [0.4, 0.5) is 17.6 Å². The summed E-state index contributed by atoms with van der Waals surface area (Å²) in [4.78, 5) is 12.3. The summed E-state index contributed by atoms with van der Waals surface area (Å²) in [6.07, 6.45) is -1.14. The molecule has 1 amide bonds. The Morgan fingerprint density at radius 1 is 1.31 bits per heavy atom. The van der Waals surface area contributed by atoms with Crippen molar-refractivity contribution >= 4 is 5.91 Å². The van der Waals surface area contributed by atoms with Crippen LogP contribution in [0.25, 0.3) is 11.3 Å². The van der Waals surface area contributed by atoms with Crippen LogP contribution in [0.15, 0.2) is 22.7 Å². The molecule has 0 spiro atoms. The summed E-state index contributed by atoms with van der Waals surface area (Å²) < 4.78 is 56.8. The second-order valence-electron chi connectivity index (χ2n) is 6.14. The van der Waals surface area contributed by atoms with Gasteiger partial charge in [0.05, 0.1) is 17.7 Å². The number of nitrogens with zero attached hydrogens (tertiary/aromatic N) is 1. The van der Waals surface area contributed by atoms with Gasteiger partial charge in [0.15, 0.2) is 0 Å². The van der Waals surface area contributed by atoms with Crippen LogP contribution in [0.2, 0.25) is 0 Å². The summed E-state index contributed by atoms with van der Waals surface area (Å²) in [5, 5.41) is 16.0. The van der Waals surface area contributed by atoms with Crippen molar-refractivity contribution in [3.8, 4) is 11.3 Å². The number of nitrogens with one attached hydrogen (secondary N) is 1. The molecule has 1 aliphatic carbocycles. The second kappa shape index (κ2) is 7.06. The van der Waals surface area contributed by atoms with Crippen molar-refractivity contribution in [2.45, 2.75) is 44.5 Å². The Labute approximate surface area is 146 Å². The van der Waals surface area contributed by atoms with Crippen LogP contribution < -0.4 is 5.32 Å². The largest absolute Gasteiger partial charge is 0.419 e. The first-order valence-electron chi connectivity index (χ1n) is 8.08. The molecule has 0 bridgehead atoms. The molecule has 0 radical (unpaired) electrons. The lowest BCUT2D eigenvalue weighted by Crippen LogP contribution is -2.32. The van der Waals surface area contributed by atoms with Crippen molar-refractivity contribution in [3.05, 3.63) is 40.9 Å². The smallest absolute Gasteiger partial charge is 0.391 e. The van der Waals surface area contributed by atoms with E-state index in [1.807, 2.05) is 0 Å². The van der Waals surface area contributed by atoms with Gasteiger partial charge in [-0.05, 0) is 25.0 Å². The fourth-order valence-corrected chi connectivity index (χ4v) is 3.07. The van der Waals surface area contributed by atoms with Gasteiger partial charge in [-0.15, -0.1) is 0 Å². The Morgan fingerprint density at radius 3 is 2.58 bits per heavy atom. The topological polar surface area (TPSA) is 75.4 Å². The third kappa shape index (κ3) is 3.57. The molecule has 1 heterocycles. The Morgan fingerprint density at radius 2 is 2.00 bits per heavy atom. The maximum atomic E-state index is 13.8. The van der Waals surface area contributed by atoms with Crippen LogP contribution in [0, 0.1) is 5.82 Å². The first kappa shape index (κ1) is 18.4. The molecule has 2 aromatic rings. The van der Waals surface area contributed by atoms with Gasteiger partial charge in [-0.2, -0.15) is 13.2 Å². The van der Waals surface area contributed by atoms with Crippen molar-refractivity contribution in [1.29, 1.82) is 0 Å². The number of carbonyl (C=O) groups excluding carboxylic acids is 1. The average Bonchev–Trinajstić information content (AvgIpc) is 3.22. The molecule has 1 saturated carbocycles. The fraction of sp³-hybridized carbons (Fsp3) is 0.412. The Kier molecular flexibility index (Phi) is 4.99. The van der Waals surface area contributed by atoms with Crippen LogP contribution >= 0.6 is 0 Å². The van der Waals surface area contributed by atoms with Gasteiger partial charge < -0.3 is 14.9 Å². The quantitative estimate of drug-likeness (QED) is 0.803. The lowest BCUT2D eigenvalue weighted by atomic mass is 10.0. The number of alkyl halides is 3. The number of aliphatic hydroxyl groups excluding tert-OH is 1. The van der Waals surface area contributed by atoms with Crippen molar-refractivity contribution < 1.29 is 32.0 Å². The van der Waals surface area contributed by atoms with E-state index in [0.717, 1.165) is 31.7 Å². The molecule has 26 heavy (non-hydrogen) atoms. The summed E-state index contributed by atoms with van der Waals surface area (Å²) in [7, 11) is 0. The van der Waals surface area contributed by atoms with E-state index in [1.165, 1.54) is 0 Å². The summed E-state index contributed by atoms with van der Waals surface area (Å²) in [6.45, 7) is -0.630. The van der Waals surface area contributed by atoms with Crippen molar-refractivity contribution in [2.24, 2.45) is 0 Å². The minimum Gasteiger partial charge on any atom is -0.391 e. The number of hydrogen-bond acceptors (Lipinski definition) is 4. The van der Waals surface area contributed by atoms with Crippen molar-refractivity contribution in [1.82, 2.24) is 10.5 Å². The van der Waals surface area contributed by atoms with E-state index in [1.54, 1.807) is 0 Å². The van der Waals surface area contributed by atoms with E-state index in [2.05, 4.69) is 10.5 Å². The van der Waals surface area contributed by atoms with E-state index >= 15 is 0 Å². The van der Waals surface area contributed by atoms with Gasteiger partial charge in [0.2, 0.25) is 5.76 Å². The van der Waals surface area contributed by atoms with Gasteiger partial charge in [0.1, 0.15) is 11.5 Å². The fourth-order valence-electron chi connectivity index (χ4n) is 3.07. The van der Waals surface area contributed by atoms with Gasteiger partial charge >= 0.3 is 6.18 Å². The van der Waals surface area contributed by atoms with Crippen LogP contribution in [0.1, 0.15) is 47.4 Å². The molecule has 9 heteroatoms. The van der Waals surface area contributed by atoms with Gasteiger partial charge in [-0.3, -0.25) is 4.79 Å². The highest BCUT2D eigenvalue weighted by atomic mass is 19.4. The second-order valence-corrected chi connectivity index (χ2v) is 6.14.